The summed E-state index contributed by atoms with van der Waals surface area (Å²) in [6.07, 6.45) is 0.761. The highest BCUT2D eigenvalue weighted by molar-refractivity contribution is 7.13. The first-order chi connectivity index (χ1) is 6.72. The lowest BCUT2D eigenvalue weighted by molar-refractivity contribution is -0.140. The van der Waals surface area contributed by atoms with Crippen molar-refractivity contribution in [1.29, 1.82) is 0 Å². The van der Waals surface area contributed by atoms with Crippen LogP contribution in [0.5, 0.6) is 5.06 Å². The minimum absolute atomic E-state index is 0.230. The van der Waals surface area contributed by atoms with Crippen molar-refractivity contribution in [2.75, 3.05) is 13.2 Å². The maximum Gasteiger partial charge on any atom is 0.302 e. The molecule has 1 aromatic heterocycles. The second kappa shape index (κ2) is 5.65. The lowest BCUT2D eigenvalue weighted by Crippen LogP contribution is -2.01. The van der Waals surface area contributed by atoms with Gasteiger partial charge in [-0.2, -0.15) is 0 Å². The molecule has 0 saturated heterocycles. The van der Waals surface area contributed by atoms with Crippen LogP contribution in [-0.2, 0) is 16.0 Å². The van der Waals surface area contributed by atoms with Crippen molar-refractivity contribution in [3.8, 4) is 5.06 Å². The SMILES string of the molecule is CCOc1ccc(CCOC(C)=O)s1. The molecule has 0 spiro atoms. The van der Waals surface area contributed by atoms with Crippen LogP contribution in [-0.4, -0.2) is 19.2 Å². The van der Waals surface area contributed by atoms with Crippen LogP contribution in [0.1, 0.15) is 18.7 Å². The highest BCUT2D eigenvalue weighted by atomic mass is 32.1. The first-order valence-electron chi connectivity index (χ1n) is 4.57. The van der Waals surface area contributed by atoms with Crippen molar-refractivity contribution >= 4 is 17.3 Å². The number of carbonyl (C=O) groups is 1. The number of hydrogen-bond acceptors (Lipinski definition) is 4. The van der Waals surface area contributed by atoms with E-state index >= 15 is 0 Å². The zero-order valence-corrected chi connectivity index (χ0v) is 9.23. The van der Waals surface area contributed by atoms with Crippen LogP contribution < -0.4 is 4.74 Å². The maximum atomic E-state index is 10.5. The van der Waals surface area contributed by atoms with Gasteiger partial charge in [0.2, 0.25) is 0 Å². The van der Waals surface area contributed by atoms with E-state index in [0.29, 0.717) is 13.2 Å². The Kier molecular flexibility index (Phi) is 4.46. The summed E-state index contributed by atoms with van der Waals surface area (Å²) in [6.45, 7) is 4.50. The number of esters is 1. The van der Waals surface area contributed by atoms with E-state index in [0.717, 1.165) is 11.5 Å². The molecule has 14 heavy (non-hydrogen) atoms. The topological polar surface area (TPSA) is 35.5 Å². The van der Waals surface area contributed by atoms with E-state index in [1.54, 1.807) is 11.3 Å². The summed E-state index contributed by atoms with van der Waals surface area (Å²) < 4.78 is 10.2. The van der Waals surface area contributed by atoms with Crippen LogP contribution in [0.4, 0.5) is 0 Å². The van der Waals surface area contributed by atoms with Gasteiger partial charge in [0.1, 0.15) is 0 Å². The number of carbonyl (C=O) groups excluding carboxylic acids is 1. The van der Waals surface area contributed by atoms with Gasteiger partial charge >= 0.3 is 5.97 Å². The number of ether oxygens (including phenoxy) is 2. The van der Waals surface area contributed by atoms with E-state index in [9.17, 15) is 4.79 Å². The summed E-state index contributed by atoms with van der Waals surface area (Å²) in [5, 5.41) is 0.922. The average molecular weight is 214 g/mol. The zero-order chi connectivity index (χ0) is 10.4. The van der Waals surface area contributed by atoms with Crippen LogP contribution >= 0.6 is 11.3 Å². The smallest absolute Gasteiger partial charge is 0.302 e. The van der Waals surface area contributed by atoms with Gasteiger partial charge in [0.15, 0.2) is 5.06 Å². The van der Waals surface area contributed by atoms with Gasteiger partial charge in [-0.3, -0.25) is 4.79 Å². The molecule has 0 aromatic carbocycles. The number of hydrogen-bond donors (Lipinski definition) is 0. The third kappa shape index (κ3) is 3.79. The molecule has 1 rings (SSSR count). The van der Waals surface area contributed by atoms with Gasteiger partial charge in [-0.1, -0.05) is 0 Å². The average Bonchev–Trinajstić information content (AvgIpc) is 2.53. The zero-order valence-electron chi connectivity index (χ0n) is 8.41. The Morgan fingerprint density at radius 3 is 2.93 bits per heavy atom. The second-order valence-electron chi connectivity index (χ2n) is 2.74. The highest BCUT2D eigenvalue weighted by Gasteiger charge is 2.01. The Morgan fingerprint density at radius 2 is 2.29 bits per heavy atom. The van der Waals surface area contributed by atoms with E-state index in [4.69, 9.17) is 9.47 Å². The normalized spacial score (nSPS) is 9.86. The molecule has 0 bridgehead atoms. The molecule has 0 aliphatic carbocycles. The van der Waals surface area contributed by atoms with E-state index in [1.165, 1.54) is 11.8 Å². The van der Waals surface area contributed by atoms with Crippen LogP contribution in [0, 0.1) is 0 Å². The van der Waals surface area contributed by atoms with Crippen LogP contribution in [0.2, 0.25) is 0 Å². The number of rotatable bonds is 5. The number of thiophene rings is 1. The molecule has 0 saturated carbocycles. The molecule has 3 nitrogen and oxygen atoms in total. The Bertz CT molecular complexity index is 293. The summed E-state index contributed by atoms with van der Waals surface area (Å²) in [5.41, 5.74) is 0. The Hall–Kier alpha value is -1.03. The lowest BCUT2D eigenvalue weighted by Gasteiger charge is -1.99. The molecular formula is C10H14O3S. The van der Waals surface area contributed by atoms with Crippen molar-refractivity contribution in [3.63, 3.8) is 0 Å². The molecule has 0 aliphatic heterocycles. The summed E-state index contributed by atoms with van der Waals surface area (Å²) >= 11 is 1.60. The minimum Gasteiger partial charge on any atom is -0.484 e. The van der Waals surface area contributed by atoms with Gasteiger partial charge in [-0.05, 0) is 19.1 Å². The van der Waals surface area contributed by atoms with Gasteiger partial charge < -0.3 is 9.47 Å². The standard InChI is InChI=1S/C10H14O3S/c1-3-12-10-5-4-9(14-10)6-7-13-8(2)11/h4-5H,3,6-7H2,1-2H3. The molecule has 0 atom stereocenters. The molecule has 0 aliphatic rings. The van der Waals surface area contributed by atoms with Crippen molar-refractivity contribution in [2.45, 2.75) is 20.3 Å². The summed E-state index contributed by atoms with van der Waals surface area (Å²) in [4.78, 5) is 11.7. The van der Waals surface area contributed by atoms with Gasteiger partial charge in [-0.25, -0.2) is 0 Å². The van der Waals surface area contributed by atoms with E-state index < -0.39 is 0 Å². The fraction of sp³-hybridized carbons (Fsp3) is 0.500. The van der Waals surface area contributed by atoms with E-state index in [-0.39, 0.29) is 5.97 Å². The van der Waals surface area contributed by atoms with Gasteiger partial charge in [0, 0.05) is 18.2 Å². The minimum atomic E-state index is -0.230. The molecule has 4 heteroatoms. The summed E-state index contributed by atoms with van der Waals surface area (Å²) in [6, 6.07) is 3.94. The fourth-order valence-corrected chi connectivity index (χ4v) is 1.90. The van der Waals surface area contributed by atoms with E-state index in [2.05, 4.69) is 0 Å². The molecule has 0 fully saturated rings. The van der Waals surface area contributed by atoms with Crippen molar-refractivity contribution in [3.05, 3.63) is 17.0 Å². The summed E-state index contributed by atoms with van der Waals surface area (Å²) in [5.74, 6) is -0.230. The predicted molar refractivity (Wildman–Crippen MR) is 55.8 cm³/mol. The second-order valence-corrected chi connectivity index (χ2v) is 3.87. The molecule has 0 radical (unpaired) electrons. The Morgan fingerprint density at radius 1 is 1.50 bits per heavy atom. The molecule has 78 valence electrons. The van der Waals surface area contributed by atoms with Crippen molar-refractivity contribution < 1.29 is 14.3 Å². The fourth-order valence-electron chi connectivity index (χ4n) is 1.01. The Balaban J connectivity index is 2.32. The van der Waals surface area contributed by atoms with Gasteiger partial charge in [0.25, 0.3) is 0 Å². The molecule has 0 N–H and O–H groups in total. The van der Waals surface area contributed by atoms with Crippen LogP contribution in [0.3, 0.4) is 0 Å². The van der Waals surface area contributed by atoms with Crippen molar-refractivity contribution in [2.24, 2.45) is 0 Å². The first-order valence-corrected chi connectivity index (χ1v) is 5.39. The molecule has 0 unspecified atom stereocenters. The third-order valence-corrected chi connectivity index (χ3v) is 2.63. The molecule has 1 heterocycles. The molecule has 0 amide bonds. The first kappa shape index (κ1) is 11.0. The summed E-state index contributed by atoms with van der Waals surface area (Å²) in [7, 11) is 0. The monoisotopic (exact) mass is 214 g/mol. The van der Waals surface area contributed by atoms with Crippen LogP contribution in [0.25, 0.3) is 0 Å². The van der Waals surface area contributed by atoms with Crippen molar-refractivity contribution in [1.82, 2.24) is 0 Å². The van der Waals surface area contributed by atoms with E-state index in [1.807, 2.05) is 19.1 Å². The largest absolute Gasteiger partial charge is 0.484 e. The quantitative estimate of drug-likeness (QED) is 0.705. The lowest BCUT2D eigenvalue weighted by atomic mass is 10.4. The highest BCUT2D eigenvalue weighted by Crippen LogP contribution is 2.24. The van der Waals surface area contributed by atoms with Gasteiger partial charge in [0.05, 0.1) is 13.2 Å². The molecule has 1 aromatic rings. The van der Waals surface area contributed by atoms with Gasteiger partial charge in [-0.15, -0.1) is 11.3 Å². The maximum absolute atomic E-state index is 10.5. The third-order valence-electron chi connectivity index (χ3n) is 1.58. The predicted octanol–water partition coefficient (Wildman–Crippen LogP) is 2.25. The molecular weight excluding hydrogens is 200 g/mol. The Labute approximate surface area is 87.7 Å². The van der Waals surface area contributed by atoms with Crippen LogP contribution in [0.15, 0.2) is 12.1 Å².